The van der Waals surface area contributed by atoms with Gasteiger partial charge in [0.15, 0.2) is 0 Å². The van der Waals surface area contributed by atoms with Gasteiger partial charge >= 0.3 is 0 Å². The summed E-state index contributed by atoms with van der Waals surface area (Å²) >= 11 is 1.52. The van der Waals surface area contributed by atoms with Gasteiger partial charge in [0.2, 0.25) is 5.91 Å². The second kappa shape index (κ2) is 13.1. The summed E-state index contributed by atoms with van der Waals surface area (Å²) in [4.78, 5) is 41.7. The Kier molecular flexibility index (Phi) is 9.58. The molecule has 0 fully saturated rings. The van der Waals surface area contributed by atoms with Crippen molar-refractivity contribution in [1.29, 1.82) is 0 Å². The van der Waals surface area contributed by atoms with Gasteiger partial charge in [-0.2, -0.15) is 0 Å². The fourth-order valence-electron chi connectivity index (χ4n) is 4.92. The van der Waals surface area contributed by atoms with Crippen molar-refractivity contribution in [3.05, 3.63) is 75.8 Å². The molecular weight excluding hydrogens is 501 g/mol. The van der Waals surface area contributed by atoms with E-state index >= 15 is 0 Å². The molecule has 3 heterocycles. The van der Waals surface area contributed by atoms with Crippen LogP contribution in [0, 0.1) is 18.7 Å². The van der Waals surface area contributed by atoms with Gasteiger partial charge in [-0.05, 0) is 74.7 Å². The summed E-state index contributed by atoms with van der Waals surface area (Å²) in [5.41, 5.74) is 2.46. The van der Waals surface area contributed by atoms with Crippen LogP contribution in [-0.4, -0.2) is 64.3 Å². The second-order valence-electron chi connectivity index (χ2n) is 10.2. The van der Waals surface area contributed by atoms with E-state index in [9.17, 15) is 14.0 Å². The SMILES string of the molecule is Cc1nc(CC(=O)N2CCCN(CC(C)C)CCCN(C(=O)c3cccnc3)c3ccc(F)cc3C2)cs1. The number of thiazole rings is 1. The Hall–Kier alpha value is -3.17. The van der Waals surface area contributed by atoms with Crippen LogP contribution in [0.3, 0.4) is 0 Å². The molecule has 0 unspecified atom stereocenters. The number of anilines is 1. The number of benzene rings is 1. The van der Waals surface area contributed by atoms with Gasteiger partial charge in [0.1, 0.15) is 5.82 Å². The maximum Gasteiger partial charge on any atom is 0.259 e. The summed E-state index contributed by atoms with van der Waals surface area (Å²) in [6.07, 6.45) is 4.98. The Bertz CT molecular complexity index is 1230. The van der Waals surface area contributed by atoms with Crippen LogP contribution in [0.1, 0.15) is 53.3 Å². The van der Waals surface area contributed by atoms with Crippen molar-refractivity contribution in [2.75, 3.05) is 37.6 Å². The van der Waals surface area contributed by atoms with Crippen LogP contribution < -0.4 is 4.90 Å². The minimum Gasteiger partial charge on any atom is -0.338 e. The fourth-order valence-corrected chi connectivity index (χ4v) is 5.54. The number of carbonyl (C=O) groups is 2. The highest BCUT2D eigenvalue weighted by molar-refractivity contribution is 7.09. The quantitative estimate of drug-likeness (QED) is 0.460. The highest BCUT2D eigenvalue weighted by atomic mass is 32.1. The number of carbonyl (C=O) groups excluding carboxylic acids is 2. The van der Waals surface area contributed by atoms with Gasteiger partial charge in [-0.15, -0.1) is 11.3 Å². The van der Waals surface area contributed by atoms with E-state index < -0.39 is 5.82 Å². The topological polar surface area (TPSA) is 69.6 Å². The first-order valence-electron chi connectivity index (χ1n) is 13.2. The third-order valence-corrected chi connectivity index (χ3v) is 7.40. The van der Waals surface area contributed by atoms with Crippen LogP contribution in [0.15, 0.2) is 48.1 Å². The summed E-state index contributed by atoms with van der Waals surface area (Å²) in [7, 11) is 0. The predicted molar refractivity (Wildman–Crippen MR) is 149 cm³/mol. The van der Waals surface area contributed by atoms with Gasteiger partial charge in [-0.25, -0.2) is 9.37 Å². The van der Waals surface area contributed by atoms with Crippen molar-refractivity contribution < 1.29 is 14.0 Å². The monoisotopic (exact) mass is 537 g/mol. The number of fused-ring (bicyclic) bond motifs is 1. The zero-order valence-electron chi connectivity index (χ0n) is 22.4. The number of aryl methyl sites for hydroxylation is 1. The predicted octanol–water partition coefficient (Wildman–Crippen LogP) is 4.96. The molecular formula is C29H36FN5O2S. The van der Waals surface area contributed by atoms with Crippen LogP contribution in [-0.2, 0) is 17.8 Å². The van der Waals surface area contributed by atoms with Crippen molar-refractivity contribution in [2.45, 2.75) is 46.6 Å². The van der Waals surface area contributed by atoms with E-state index in [0.29, 0.717) is 35.8 Å². The van der Waals surface area contributed by atoms with E-state index in [1.807, 2.05) is 12.3 Å². The lowest BCUT2D eigenvalue weighted by molar-refractivity contribution is -0.131. The fraction of sp³-hybridized carbons (Fsp3) is 0.448. The van der Waals surface area contributed by atoms with E-state index in [0.717, 1.165) is 43.2 Å². The van der Waals surface area contributed by atoms with Crippen LogP contribution in [0.4, 0.5) is 10.1 Å². The first-order chi connectivity index (χ1) is 18.3. The van der Waals surface area contributed by atoms with Crippen LogP contribution in [0.25, 0.3) is 0 Å². The summed E-state index contributed by atoms with van der Waals surface area (Å²) in [6, 6.07) is 7.96. The Morgan fingerprint density at radius 3 is 2.58 bits per heavy atom. The third-order valence-electron chi connectivity index (χ3n) is 6.58. The van der Waals surface area contributed by atoms with E-state index in [1.165, 1.54) is 23.5 Å². The molecule has 9 heteroatoms. The second-order valence-corrected chi connectivity index (χ2v) is 11.3. The van der Waals surface area contributed by atoms with E-state index in [-0.39, 0.29) is 24.8 Å². The Labute approximate surface area is 228 Å². The smallest absolute Gasteiger partial charge is 0.259 e. The molecule has 1 aliphatic rings. The molecule has 0 spiro atoms. The molecule has 0 radical (unpaired) electrons. The zero-order valence-corrected chi connectivity index (χ0v) is 23.2. The molecule has 1 aromatic carbocycles. The molecule has 2 amide bonds. The first kappa shape index (κ1) is 27.9. The van der Waals surface area contributed by atoms with Crippen molar-refractivity contribution in [3.8, 4) is 0 Å². The highest BCUT2D eigenvalue weighted by Gasteiger charge is 2.25. The number of halogens is 1. The Balaban J connectivity index is 1.69. The van der Waals surface area contributed by atoms with E-state index in [1.54, 1.807) is 40.4 Å². The van der Waals surface area contributed by atoms with Crippen molar-refractivity contribution in [1.82, 2.24) is 19.8 Å². The molecule has 2 aromatic heterocycles. The average Bonchev–Trinajstić information content (AvgIpc) is 3.29. The lowest BCUT2D eigenvalue weighted by atomic mass is 10.1. The molecule has 1 aliphatic heterocycles. The van der Waals surface area contributed by atoms with Crippen molar-refractivity contribution in [2.24, 2.45) is 5.92 Å². The Morgan fingerprint density at radius 2 is 1.89 bits per heavy atom. The standard InChI is InChI=1S/C29H36FN5O2S/c1-21(2)18-33-11-5-13-34(28(36)16-26-20-38-22(3)32-26)19-24-15-25(30)8-9-27(24)35(14-6-12-33)29(37)23-7-4-10-31-17-23/h4,7-10,15,17,20-21H,5-6,11-14,16,18-19H2,1-3H3. The van der Waals surface area contributed by atoms with Crippen molar-refractivity contribution in [3.63, 3.8) is 0 Å². The number of amides is 2. The largest absolute Gasteiger partial charge is 0.338 e. The van der Waals surface area contributed by atoms with Gasteiger partial charge in [0.25, 0.3) is 5.91 Å². The third kappa shape index (κ3) is 7.45. The molecule has 38 heavy (non-hydrogen) atoms. The van der Waals surface area contributed by atoms with Gasteiger partial charge in [-0.3, -0.25) is 14.6 Å². The Morgan fingerprint density at radius 1 is 1.11 bits per heavy atom. The van der Waals surface area contributed by atoms with Crippen molar-refractivity contribution >= 4 is 28.8 Å². The molecule has 0 saturated heterocycles. The zero-order chi connectivity index (χ0) is 27.1. The molecule has 202 valence electrons. The van der Waals surface area contributed by atoms with Gasteiger partial charge in [-0.1, -0.05) is 13.8 Å². The van der Waals surface area contributed by atoms with Gasteiger partial charge < -0.3 is 14.7 Å². The molecule has 0 aliphatic carbocycles. The highest BCUT2D eigenvalue weighted by Crippen LogP contribution is 2.27. The summed E-state index contributed by atoms with van der Waals surface area (Å²) in [6.45, 7) is 10.2. The number of pyridine rings is 1. The minimum absolute atomic E-state index is 0.0527. The summed E-state index contributed by atoms with van der Waals surface area (Å²) in [5.74, 6) is -0.127. The first-order valence-corrected chi connectivity index (χ1v) is 14.1. The molecule has 4 rings (SSSR count). The lowest BCUT2D eigenvalue weighted by Gasteiger charge is -2.32. The van der Waals surface area contributed by atoms with Gasteiger partial charge in [0.05, 0.1) is 22.7 Å². The molecule has 3 aromatic rings. The van der Waals surface area contributed by atoms with E-state index in [4.69, 9.17) is 0 Å². The summed E-state index contributed by atoms with van der Waals surface area (Å²) < 4.78 is 14.5. The normalized spacial score (nSPS) is 15.6. The number of hydrogen-bond acceptors (Lipinski definition) is 6. The summed E-state index contributed by atoms with van der Waals surface area (Å²) in [5, 5.41) is 2.83. The molecule has 0 bridgehead atoms. The number of rotatable bonds is 5. The minimum atomic E-state index is -0.393. The molecule has 0 saturated carbocycles. The van der Waals surface area contributed by atoms with Crippen LogP contribution in [0.5, 0.6) is 0 Å². The average molecular weight is 538 g/mol. The number of nitrogens with zero attached hydrogens (tertiary/aromatic N) is 5. The maximum absolute atomic E-state index is 14.5. The van der Waals surface area contributed by atoms with Crippen LogP contribution in [0.2, 0.25) is 0 Å². The molecule has 0 atom stereocenters. The number of hydrogen-bond donors (Lipinski definition) is 0. The van der Waals surface area contributed by atoms with Gasteiger partial charge in [0, 0.05) is 49.6 Å². The molecule has 7 nitrogen and oxygen atoms in total. The maximum atomic E-state index is 14.5. The number of aromatic nitrogens is 2. The van der Waals surface area contributed by atoms with Crippen LogP contribution >= 0.6 is 11.3 Å². The molecule has 0 N–H and O–H groups in total. The lowest BCUT2D eigenvalue weighted by Crippen LogP contribution is -2.40. The van der Waals surface area contributed by atoms with E-state index in [2.05, 4.69) is 28.7 Å².